The van der Waals surface area contributed by atoms with Crippen molar-refractivity contribution in [3.63, 3.8) is 0 Å². The lowest BCUT2D eigenvalue weighted by molar-refractivity contribution is 0.579. The van der Waals surface area contributed by atoms with E-state index < -0.39 is 0 Å². The lowest BCUT2D eigenvalue weighted by Crippen LogP contribution is -2.23. The molecule has 0 saturated heterocycles. The Labute approximate surface area is 137 Å². The Bertz CT molecular complexity index is 549. The van der Waals surface area contributed by atoms with E-state index in [2.05, 4.69) is 31.2 Å². The van der Waals surface area contributed by atoms with Crippen molar-refractivity contribution in [2.75, 3.05) is 0 Å². The molecule has 0 unspecified atom stereocenters. The number of hydrogen-bond acceptors (Lipinski definition) is 0. The molecule has 0 radical (unpaired) electrons. The summed E-state index contributed by atoms with van der Waals surface area (Å²) in [6, 6.07) is 0. The Balaban J connectivity index is 1.78. The van der Waals surface area contributed by atoms with Crippen LogP contribution in [-0.4, -0.2) is 4.57 Å². The summed E-state index contributed by atoms with van der Waals surface area (Å²) in [5, 5.41) is 2.74. The molecule has 0 aliphatic heterocycles. The third-order valence-electron chi connectivity index (χ3n) is 5.29. The molecular weight excluding hydrogens is 266 g/mol. The summed E-state index contributed by atoms with van der Waals surface area (Å²) in [4.78, 5) is 0. The van der Waals surface area contributed by atoms with Crippen molar-refractivity contribution in [3.8, 4) is 0 Å². The Morgan fingerprint density at radius 3 is 2.18 bits per heavy atom. The van der Waals surface area contributed by atoms with E-state index in [0.29, 0.717) is 0 Å². The smallest absolute Gasteiger partial charge is 0.0403 e. The molecule has 0 atom stereocenters. The van der Waals surface area contributed by atoms with Crippen molar-refractivity contribution in [1.82, 2.24) is 4.57 Å². The van der Waals surface area contributed by atoms with Crippen LogP contribution in [0.2, 0.25) is 0 Å². The first-order valence-corrected chi connectivity index (χ1v) is 9.61. The van der Waals surface area contributed by atoms with Crippen LogP contribution < -0.4 is 10.7 Å². The van der Waals surface area contributed by atoms with Crippen molar-refractivity contribution in [2.45, 2.75) is 90.4 Å². The summed E-state index contributed by atoms with van der Waals surface area (Å²) in [5.41, 5.74) is 3.16. The summed E-state index contributed by atoms with van der Waals surface area (Å²) in [6.07, 6.45) is 20.2. The molecule has 22 heavy (non-hydrogen) atoms. The first-order valence-electron chi connectivity index (χ1n) is 9.61. The fourth-order valence-electron chi connectivity index (χ4n) is 3.83. The van der Waals surface area contributed by atoms with Gasteiger partial charge >= 0.3 is 0 Å². The number of unbranched alkanes of at least 4 members (excludes halogenated alkanes) is 8. The first kappa shape index (κ1) is 17.4. The van der Waals surface area contributed by atoms with E-state index in [1.54, 1.807) is 11.1 Å². The van der Waals surface area contributed by atoms with Gasteiger partial charge in [-0.05, 0) is 49.7 Å². The second-order valence-corrected chi connectivity index (χ2v) is 7.02. The predicted molar refractivity (Wildman–Crippen MR) is 98.5 cm³/mol. The van der Waals surface area contributed by atoms with E-state index in [-0.39, 0.29) is 0 Å². The molecule has 0 N–H and O–H groups in total. The molecule has 1 aliphatic carbocycles. The molecule has 1 aromatic rings. The van der Waals surface area contributed by atoms with Crippen LogP contribution in [0.3, 0.4) is 0 Å². The summed E-state index contributed by atoms with van der Waals surface area (Å²) >= 11 is 0. The van der Waals surface area contributed by atoms with Crippen LogP contribution in [0.4, 0.5) is 0 Å². The molecule has 0 saturated carbocycles. The topological polar surface area (TPSA) is 4.93 Å². The first-order chi connectivity index (χ1) is 10.8. The third kappa shape index (κ3) is 4.51. The Hall–Kier alpha value is -0.980. The zero-order valence-electron chi connectivity index (χ0n) is 14.9. The molecule has 0 spiro atoms. The highest BCUT2D eigenvalue weighted by atomic mass is 14.9. The second kappa shape index (κ2) is 9.22. The SMILES string of the molecule is C=c1c2c(/c(=C/CCCCCCCCCC)n1C)CCCC2. The summed E-state index contributed by atoms with van der Waals surface area (Å²) in [6.45, 7) is 6.58. The number of rotatable bonds is 9. The highest BCUT2D eigenvalue weighted by Gasteiger charge is 2.14. The Kier molecular flexibility index (Phi) is 7.29. The molecular formula is C21H35N. The molecule has 1 aliphatic rings. The molecule has 0 fully saturated rings. The van der Waals surface area contributed by atoms with Crippen molar-refractivity contribution in [2.24, 2.45) is 7.05 Å². The van der Waals surface area contributed by atoms with Gasteiger partial charge in [-0.25, -0.2) is 0 Å². The molecule has 0 bridgehead atoms. The largest absolute Gasteiger partial charge is 0.345 e. The maximum Gasteiger partial charge on any atom is 0.0403 e. The number of fused-ring (bicyclic) bond motifs is 1. The van der Waals surface area contributed by atoms with Gasteiger partial charge in [0, 0.05) is 17.7 Å². The van der Waals surface area contributed by atoms with Crippen LogP contribution in [0.15, 0.2) is 0 Å². The standard InChI is InChI=1S/C21H35N/c1-4-5-6-7-8-9-10-11-12-17-21-20-16-14-13-15-19(20)18(2)22(21)3/h17H,2,4-16H2,1,3H3/b21-17-. The van der Waals surface area contributed by atoms with Crippen LogP contribution in [0.5, 0.6) is 0 Å². The molecule has 2 rings (SSSR count). The molecule has 1 aromatic heterocycles. The van der Waals surface area contributed by atoms with Gasteiger partial charge in [-0.1, -0.05) is 64.5 Å². The molecule has 0 aromatic carbocycles. The van der Waals surface area contributed by atoms with E-state index in [4.69, 9.17) is 0 Å². The molecule has 124 valence electrons. The van der Waals surface area contributed by atoms with E-state index >= 15 is 0 Å². The van der Waals surface area contributed by atoms with E-state index in [9.17, 15) is 0 Å². The molecule has 0 amide bonds. The average Bonchev–Trinajstić information content (AvgIpc) is 2.78. The van der Waals surface area contributed by atoms with E-state index in [0.717, 1.165) is 0 Å². The van der Waals surface area contributed by atoms with Crippen LogP contribution in [0.25, 0.3) is 12.7 Å². The quantitative estimate of drug-likeness (QED) is 0.586. The zero-order valence-corrected chi connectivity index (χ0v) is 14.9. The second-order valence-electron chi connectivity index (χ2n) is 7.02. The Morgan fingerprint density at radius 1 is 0.909 bits per heavy atom. The van der Waals surface area contributed by atoms with Crippen LogP contribution in [0.1, 0.15) is 88.7 Å². The van der Waals surface area contributed by atoms with Crippen LogP contribution in [0, 0.1) is 0 Å². The normalized spacial score (nSPS) is 15.3. The third-order valence-corrected chi connectivity index (χ3v) is 5.29. The monoisotopic (exact) mass is 301 g/mol. The minimum atomic E-state index is 1.23. The van der Waals surface area contributed by atoms with Crippen molar-refractivity contribution < 1.29 is 0 Å². The van der Waals surface area contributed by atoms with Crippen molar-refractivity contribution in [1.29, 1.82) is 0 Å². The maximum absolute atomic E-state index is 4.29. The van der Waals surface area contributed by atoms with Gasteiger partial charge in [0.15, 0.2) is 0 Å². The van der Waals surface area contributed by atoms with Gasteiger partial charge in [-0.15, -0.1) is 0 Å². The van der Waals surface area contributed by atoms with Crippen molar-refractivity contribution in [3.05, 3.63) is 21.8 Å². The zero-order chi connectivity index (χ0) is 15.8. The molecule has 1 heteroatoms. The van der Waals surface area contributed by atoms with Gasteiger partial charge in [0.2, 0.25) is 0 Å². The molecule has 1 nitrogen and oxygen atoms in total. The maximum atomic E-state index is 4.29. The number of hydrogen-bond donors (Lipinski definition) is 0. The lowest BCUT2D eigenvalue weighted by atomic mass is 9.94. The van der Waals surface area contributed by atoms with Crippen LogP contribution >= 0.6 is 0 Å². The summed E-state index contributed by atoms with van der Waals surface area (Å²) < 4.78 is 2.33. The number of nitrogens with zero attached hydrogens (tertiary/aromatic N) is 1. The van der Waals surface area contributed by atoms with E-state index in [1.807, 2.05) is 0 Å². The fourth-order valence-corrected chi connectivity index (χ4v) is 3.83. The van der Waals surface area contributed by atoms with E-state index in [1.165, 1.54) is 94.2 Å². The summed E-state index contributed by atoms with van der Waals surface area (Å²) in [5.74, 6) is 0. The number of aromatic nitrogens is 1. The lowest BCUT2D eigenvalue weighted by Gasteiger charge is -2.10. The van der Waals surface area contributed by atoms with Gasteiger partial charge in [0.25, 0.3) is 0 Å². The van der Waals surface area contributed by atoms with Crippen LogP contribution in [-0.2, 0) is 19.9 Å². The predicted octanol–water partition coefficient (Wildman–Crippen LogP) is 4.63. The van der Waals surface area contributed by atoms with Gasteiger partial charge in [0.05, 0.1) is 0 Å². The van der Waals surface area contributed by atoms with Gasteiger partial charge in [0.1, 0.15) is 0 Å². The van der Waals surface area contributed by atoms with Crippen molar-refractivity contribution >= 4 is 12.7 Å². The minimum absolute atomic E-state index is 1.23. The Morgan fingerprint density at radius 2 is 1.50 bits per heavy atom. The average molecular weight is 302 g/mol. The fraction of sp³-hybridized carbons (Fsp3) is 0.714. The van der Waals surface area contributed by atoms with Gasteiger partial charge in [-0.3, -0.25) is 0 Å². The minimum Gasteiger partial charge on any atom is -0.345 e. The highest BCUT2D eigenvalue weighted by Crippen LogP contribution is 2.15. The summed E-state index contributed by atoms with van der Waals surface area (Å²) in [7, 11) is 2.19. The van der Waals surface area contributed by atoms with Gasteiger partial charge in [-0.2, -0.15) is 0 Å². The molecule has 1 heterocycles. The highest BCUT2D eigenvalue weighted by molar-refractivity contribution is 5.37. The van der Waals surface area contributed by atoms with Gasteiger partial charge < -0.3 is 4.57 Å².